The van der Waals surface area contributed by atoms with Crippen LogP contribution in [-0.2, 0) is 6.54 Å². The van der Waals surface area contributed by atoms with Crippen LogP contribution >= 0.6 is 11.8 Å². The standard InChI is InChI=1S/C18H20N4S/c1-2-12-23-18-21-20-17(15-6-4-3-5-7-15)22(18)13-14-8-10-16(19)11-9-14/h3-11H,2,12-13,19H2,1H3. The SMILES string of the molecule is CCCSc1nnc(-c2ccccc2)n1Cc1ccc(N)cc1. The van der Waals surface area contributed by atoms with Crippen molar-refractivity contribution < 1.29 is 0 Å². The summed E-state index contributed by atoms with van der Waals surface area (Å²) < 4.78 is 2.18. The van der Waals surface area contributed by atoms with Gasteiger partial charge < -0.3 is 5.73 Å². The molecule has 0 fully saturated rings. The molecule has 0 spiro atoms. The van der Waals surface area contributed by atoms with Gasteiger partial charge in [0.25, 0.3) is 0 Å². The topological polar surface area (TPSA) is 56.7 Å². The summed E-state index contributed by atoms with van der Waals surface area (Å²) in [5, 5.41) is 9.78. The Labute approximate surface area is 140 Å². The third-order valence-corrected chi connectivity index (χ3v) is 4.68. The number of thioether (sulfide) groups is 1. The number of rotatable bonds is 6. The average Bonchev–Trinajstić information content (AvgIpc) is 2.98. The maximum absolute atomic E-state index is 5.78. The van der Waals surface area contributed by atoms with Gasteiger partial charge in [-0.15, -0.1) is 10.2 Å². The molecule has 118 valence electrons. The normalized spacial score (nSPS) is 10.8. The lowest BCUT2D eigenvalue weighted by atomic mass is 10.2. The van der Waals surface area contributed by atoms with Gasteiger partial charge in [0.2, 0.25) is 0 Å². The number of hydrogen-bond donors (Lipinski definition) is 1. The first-order valence-corrected chi connectivity index (χ1v) is 8.72. The highest BCUT2D eigenvalue weighted by atomic mass is 32.2. The first-order valence-electron chi connectivity index (χ1n) is 7.73. The summed E-state index contributed by atoms with van der Waals surface area (Å²) in [5.74, 6) is 1.94. The third-order valence-electron chi connectivity index (χ3n) is 3.50. The van der Waals surface area contributed by atoms with Crippen molar-refractivity contribution in [1.82, 2.24) is 14.8 Å². The minimum absolute atomic E-state index is 0.740. The van der Waals surface area contributed by atoms with Crippen LogP contribution in [0.25, 0.3) is 11.4 Å². The van der Waals surface area contributed by atoms with Crippen molar-refractivity contribution in [2.75, 3.05) is 11.5 Å². The number of nitrogens with two attached hydrogens (primary N) is 1. The van der Waals surface area contributed by atoms with E-state index in [1.54, 1.807) is 11.8 Å². The minimum Gasteiger partial charge on any atom is -0.399 e. The summed E-state index contributed by atoms with van der Waals surface area (Å²) in [4.78, 5) is 0. The number of nitrogens with zero attached hydrogens (tertiary/aromatic N) is 3. The molecule has 2 aromatic carbocycles. The van der Waals surface area contributed by atoms with Gasteiger partial charge in [-0.25, -0.2) is 0 Å². The van der Waals surface area contributed by atoms with E-state index in [0.717, 1.165) is 41.0 Å². The Morgan fingerprint density at radius 3 is 2.43 bits per heavy atom. The number of benzene rings is 2. The Morgan fingerprint density at radius 1 is 1.00 bits per heavy atom. The Balaban J connectivity index is 1.97. The van der Waals surface area contributed by atoms with Gasteiger partial charge in [-0.3, -0.25) is 4.57 Å². The van der Waals surface area contributed by atoms with Crippen LogP contribution in [0.2, 0.25) is 0 Å². The number of hydrogen-bond acceptors (Lipinski definition) is 4. The van der Waals surface area contributed by atoms with Crippen LogP contribution in [0.15, 0.2) is 59.8 Å². The van der Waals surface area contributed by atoms with Crippen molar-refractivity contribution in [1.29, 1.82) is 0 Å². The zero-order valence-corrected chi connectivity index (χ0v) is 14.0. The van der Waals surface area contributed by atoms with Crippen molar-refractivity contribution in [3.63, 3.8) is 0 Å². The molecular formula is C18H20N4S. The molecule has 23 heavy (non-hydrogen) atoms. The van der Waals surface area contributed by atoms with E-state index in [-0.39, 0.29) is 0 Å². The second kappa shape index (κ2) is 7.33. The van der Waals surface area contributed by atoms with Crippen LogP contribution in [0.3, 0.4) is 0 Å². The molecule has 0 aliphatic rings. The molecule has 0 atom stereocenters. The summed E-state index contributed by atoms with van der Waals surface area (Å²) in [6, 6.07) is 18.2. The molecule has 0 unspecified atom stereocenters. The molecule has 1 aromatic heterocycles. The lowest BCUT2D eigenvalue weighted by Gasteiger charge is -2.10. The zero-order valence-electron chi connectivity index (χ0n) is 13.1. The van der Waals surface area contributed by atoms with Gasteiger partial charge in [-0.2, -0.15) is 0 Å². The molecule has 1 heterocycles. The third kappa shape index (κ3) is 3.74. The van der Waals surface area contributed by atoms with Crippen LogP contribution in [0.4, 0.5) is 5.69 Å². The number of aromatic nitrogens is 3. The summed E-state index contributed by atoms with van der Waals surface area (Å²) >= 11 is 1.75. The highest BCUT2D eigenvalue weighted by molar-refractivity contribution is 7.99. The molecule has 0 saturated heterocycles. The van der Waals surface area contributed by atoms with E-state index in [9.17, 15) is 0 Å². The lowest BCUT2D eigenvalue weighted by Crippen LogP contribution is -2.04. The fourth-order valence-corrected chi connectivity index (χ4v) is 3.13. The van der Waals surface area contributed by atoms with Crippen LogP contribution in [0.1, 0.15) is 18.9 Å². The Morgan fingerprint density at radius 2 is 1.74 bits per heavy atom. The molecule has 0 bridgehead atoms. The van der Waals surface area contributed by atoms with E-state index in [0.29, 0.717) is 0 Å². The van der Waals surface area contributed by atoms with Crippen LogP contribution < -0.4 is 5.73 Å². The molecule has 3 aromatic rings. The number of nitrogen functional groups attached to an aromatic ring is 1. The monoisotopic (exact) mass is 324 g/mol. The minimum atomic E-state index is 0.740. The van der Waals surface area contributed by atoms with Crippen molar-refractivity contribution >= 4 is 17.4 Å². The molecule has 0 amide bonds. The predicted molar refractivity (Wildman–Crippen MR) is 96.4 cm³/mol. The fourth-order valence-electron chi connectivity index (χ4n) is 2.34. The second-order valence-corrected chi connectivity index (χ2v) is 6.41. The van der Waals surface area contributed by atoms with E-state index in [4.69, 9.17) is 5.73 Å². The summed E-state index contributed by atoms with van der Waals surface area (Å²) in [6.07, 6.45) is 1.11. The van der Waals surface area contributed by atoms with Crippen molar-refractivity contribution in [3.8, 4) is 11.4 Å². The summed E-state index contributed by atoms with van der Waals surface area (Å²) in [7, 11) is 0. The molecule has 0 radical (unpaired) electrons. The molecular weight excluding hydrogens is 304 g/mol. The van der Waals surface area contributed by atoms with Gasteiger partial charge in [-0.05, 0) is 24.1 Å². The molecule has 0 saturated carbocycles. The maximum Gasteiger partial charge on any atom is 0.191 e. The van der Waals surface area contributed by atoms with Crippen LogP contribution in [-0.4, -0.2) is 20.5 Å². The van der Waals surface area contributed by atoms with Gasteiger partial charge >= 0.3 is 0 Å². The largest absolute Gasteiger partial charge is 0.399 e. The maximum atomic E-state index is 5.78. The highest BCUT2D eigenvalue weighted by Crippen LogP contribution is 2.25. The molecule has 4 nitrogen and oxygen atoms in total. The molecule has 3 rings (SSSR count). The van der Waals surface area contributed by atoms with Gasteiger partial charge in [0, 0.05) is 17.0 Å². The Bertz CT molecular complexity index is 750. The molecule has 0 aliphatic heterocycles. The van der Waals surface area contributed by atoms with Crippen molar-refractivity contribution in [3.05, 3.63) is 60.2 Å². The van der Waals surface area contributed by atoms with E-state index in [1.807, 2.05) is 30.3 Å². The first-order chi connectivity index (χ1) is 11.3. The van der Waals surface area contributed by atoms with Crippen LogP contribution in [0.5, 0.6) is 0 Å². The summed E-state index contributed by atoms with van der Waals surface area (Å²) in [5.41, 5.74) is 8.83. The van der Waals surface area contributed by atoms with Gasteiger partial charge in [0.05, 0.1) is 6.54 Å². The van der Waals surface area contributed by atoms with E-state index < -0.39 is 0 Å². The second-order valence-electron chi connectivity index (χ2n) is 5.35. The quantitative estimate of drug-likeness (QED) is 0.548. The van der Waals surface area contributed by atoms with Crippen molar-refractivity contribution in [2.45, 2.75) is 25.0 Å². The highest BCUT2D eigenvalue weighted by Gasteiger charge is 2.14. The number of anilines is 1. The van der Waals surface area contributed by atoms with Crippen molar-refractivity contribution in [2.24, 2.45) is 0 Å². The van der Waals surface area contributed by atoms with Gasteiger partial charge in [0.15, 0.2) is 11.0 Å². The van der Waals surface area contributed by atoms with E-state index in [2.05, 4.69) is 46.0 Å². The molecule has 0 aliphatic carbocycles. The lowest BCUT2D eigenvalue weighted by molar-refractivity contribution is 0.714. The van der Waals surface area contributed by atoms with E-state index >= 15 is 0 Å². The molecule has 5 heteroatoms. The fraction of sp³-hybridized carbons (Fsp3) is 0.222. The Kier molecular flexibility index (Phi) is 4.98. The van der Waals surface area contributed by atoms with Crippen LogP contribution in [0, 0.1) is 0 Å². The van der Waals surface area contributed by atoms with Gasteiger partial charge in [0.1, 0.15) is 0 Å². The van der Waals surface area contributed by atoms with E-state index in [1.165, 1.54) is 5.56 Å². The zero-order chi connectivity index (χ0) is 16.1. The smallest absolute Gasteiger partial charge is 0.191 e. The predicted octanol–water partition coefficient (Wildman–Crippen LogP) is 4.08. The Hall–Kier alpha value is -2.27. The summed E-state index contributed by atoms with van der Waals surface area (Å²) in [6.45, 7) is 2.91. The molecule has 2 N–H and O–H groups in total. The first kappa shape index (κ1) is 15.6. The average molecular weight is 324 g/mol. The van der Waals surface area contributed by atoms with Gasteiger partial charge in [-0.1, -0.05) is 61.2 Å².